The predicted octanol–water partition coefficient (Wildman–Crippen LogP) is 3.95. The van der Waals surface area contributed by atoms with Gasteiger partial charge in [0, 0.05) is 36.4 Å². The van der Waals surface area contributed by atoms with E-state index in [4.69, 9.17) is 5.11 Å². The molecule has 1 heterocycles. The zero-order valence-electron chi connectivity index (χ0n) is 14.8. The van der Waals surface area contributed by atoms with Crippen molar-refractivity contribution in [2.75, 3.05) is 23.3 Å². The monoisotopic (exact) mass is 352 g/mol. The van der Waals surface area contributed by atoms with E-state index in [2.05, 4.69) is 10.2 Å². The average Bonchev–Trinajstić information content (AvgIpc) is 2.67. The number of amides is 1. The Morgan fingerprint density at radius 3 is 2.42 bits per heavy atom. The van der Waals surface area contributed by atoms with Gasteiger partial charge in [0.1, 0.15) is 0 Å². The summed E-state index contributed by atoms with van der Waals surface area (Å²) >= 11 is 0. The minimum absolute atomic E-state index is 0.0787. The molecule has 1 amide bonds. The highest BCUT2D eigenvalue weighted by molar-refractivity contribution is 6.04. The van der Waals surface area contributed by atoms with Gasteiger partial charge in [0.15, 0.2) is 0 Å². The van der Waals surface area contributed by atoms with Crippen LogP contribution in [0.5, 0.6) is 0 Å². The molecular weight excluding hydrogens is 328 g/mol. The van der Waals surface area contributed by atoms with Crippen molar-refractivity contribution in [1.29, 1.82) is 0 Å². The second-order valence-corrected chi connectivity index (χ2v) is 6.64. The molecule has 0 atom stereocenters. The molecule has 26 heavy (non-hydrogen) atoms. The molecule has 2 aromatic rings. The van der Waals surface area contributed by atoms with E-state index in [-0.39, 0.29) is 12.3 Å². The Morgan fingerprint density at radius 1 is 1.00 bits per heavy atom. The maximum absolute atomic E-state index is 12.5. The number of carbonyl (C=O) groups is 2. The molecule has 1 saturated heterocycles. The van der Waals surface area contributed by atoms with Crippen molar-refractivity contribution >= 4 is 23.3 Å². The molecule has 1 aliphatic heterocycles. The van der Waals surface area contributed by atoms with Gasteiger partial charge in [-0.15, -0.1) is 0 Å². The first-order valence-corrected chi connectivity index (χ1v) is 9.09. The van der Waals surface area contributed by atoms with E-state index in [1.807, 2.05) is 48.5 Å². The second kappa shape index (κ2) is 8.52. The van der Waals surface area contributed by atoms with Crippen molar-refractivity contribution in [3.63, 3.8) is 0 Å². The summed E-state index contributed by atoms with van der Waals surface area (Å²) in [6, 6.07) is 15.0. The van der Waals surface area contributed by atoms with Crippen molar-refractivity contribution in [3.05, 3.63) is 59.7 Å². The maximum atomic E-state index is 12.5. The summed E-state index contributed by atoms with van der Waals surface area (Å²) in [6.07, 6.45) is 4.27. The summed E-state index contributed by atoms with van der Waals surface area (Å²) in [4.78, 5) is 25.5. The lowest BCUT2D eigenvalue weighted by Gasteiger charge is -2.28. The van der Waals surface area contributed by atoms with Crippen LogP contribution in [0.15, 0.2) is 48.5 Å². The van der Waals surface area contributed by atoms with Crippen molar-refractivity contribution in [1.82, 2.24) is 0 Å². The lowest BCUT2D eigenvalue weighted by Crippen LogP contribution is -2.29. The van der Waals surface area contributed by atoms with Gasteiger partial charge in [-0.05, 0) is 67.6 Å². The minimum Gasteiger partial charge on any atom is -0.481 e. The first-order chi connectivity index (χ1) is 12.6. The van der Waals surface area contributed by atoms with Gasteiger partial charge < -0.3 is 15.3 Å². The topological polar surface area (TPSA) is 69.6 Å². The fourth-order valence-corrected chi connectivity index (χ4v) is 3.23. The number of hydrogen-bond acceptors (Lipinski definition) is 3. The van der Waals surface area contributed by atoms with Crippen LogP contribution in [0.3, 0.4) is 0 Å². The van der Waals surface area contributed by atoms with Crippen molar-refractivity contribution in [2.24, 2.45) is 0 Å². The number of nitrogens with one attached hydrogen (secondary N) is 1. The minimum atomic E-state index is -0.826. The van der Waals surface area contributed by atoms with Crippen LogP contribution >= 0.6 is 0 Å². The highest BCUT2D eigenvalue weighted by Crippen LogP contribution is 2.21. The largest absolute Gasteiger partial charge is 0.481 e. The summed E-state index contributed by atoms with van der Waals surface area (Å²) in [7, 11) is 0. The van der Waals surface area contributed by atoms with Crippen LogP contribution < -0.4 is 10.2 Å². The zero-order chi connectivity index (χ0) is 18.4. The zero-order valence-corrected chi connectivity index (χ0v) is 14.8. The summed E-state index contributed by atoms with van der Waals surface area (Å²) < 4.78 is 0. The maximum Gasteiger partial charge on any atom is 0.303 e. The number of hydrogen-bond donors (Lipinski definition) is 2. The number of rotatable bonds is 6. The number of nitrogens with zero attached hydrogens (tertiary/aromatic N) is 1. The number of benzene rings is 2. The highest BCUT2D eigenvalue weighted by Gasteiger charge is 2.12. The average molecular weight is 352 g/mol. The van der Waals surface area contributed by atoms with Crippen LogP contribution in [0.4, 0.5) is 11.4 Å². The lowest BCUT2D eigenvalue weighted by atomic mass is 10.1. The Kier molecular flexibility index (Phi) is 5.89. The van der Waals surface area contributed by atoms with Crippen molar-refractivity contribution in [3.8, 4) is 0 Å². The summed E-state index contributed by atoms with van der Waals surface area (Å²) in [5, 5.41) is 11.7. The Morgan fingerprint density at radius 2 is 1.73 bits per heavy atom. The fraction of sp³-hybridized carbons (Fsp3) is 0.333. The smallest absolute Gasteiger partial charge is 0.303 e. The Balaban J connectivity index is 1.62. The summed E-state index contributed by atoms with van der Waals surface area (Å²) in [5.74, 6) is -0.987. The molecule has 3 rings (SSSR count). The van der Waals surface area contributed by atoms with Gasteiger partial charge in [-0.2, -0.15) is 0 Å². The summed E-state index contributed by atoms with van der Waals surface area (Å²) in [6.45, 7) is 2.16. The molecule has 1 fully saturated rings. The molecular formula is C21H24N2O3. The molecule has 2 N–H and O–H groups in total. The molecule has 5 heteroatoms. The molecule has 0 aliphatic carbocycles. The molecule has 5 nitrogen and oxygen atoms in total. The van der Waals surface area contributed by atoms with Crippen LogP contribution in [-0.2, 0) is 11.2 Å². The Bertz CT molecular complexity index is 765. The number of aliphatic carboxylic acids is 1. The summed E-state index contributed by atoms with van der Waals surface area (Å²) in [5.41, 5.74) is 3.35. The third-order valence-corrected chi connectivity index (χ3v) is 4.66. The molecule has 0 bridgehead atoms. The third-order valence-electron chi connectivity index (χ3n) is 4.66. The van der Waals surface area contributed by atoms with Crippen LogP contribution in [-0.4, -0.2) is 30.1 Å². The molecule has 0 unspecified atom stereocenters. The van der Waals surface area contributed by atoms with Gasteiger partial charge in [0.2, 0.25) is 0 Å². The van der Waals surface area contributed by atoms with Crippen molar-refractivity contribution in [2.45, 2.75) is 32.1 Å². The SMILES string of the molecule is O=C(O)CCc1cccc(NC(=O)c2ccc(N3CCCCC3)cc2)c1. The lowest BCUT2D eigenvalue weighted by molar-refractivity contribution is -0.136. The Labute approximate surface area is 153 Å². The highest BCUT2D eigenvalue weighted by atomic mass is 16.4. The van der Waals surface area contributed by atoms with Gasteiger partial charge in [-0.1, -0.05) is 12.1 Å². The van der Waals surface area contributed by atoms with Gasteiger partial charge >= 0.3 is 5.97 Å². The number of carboxylic acids is 1. The Hall–Kier alpha value is -2.82. The van der Waals surface area contributed by atoms with Gasteiger partial charge in [-0.25, -0.2) is 0 Å². The molecule has 0 spiro atoms. The number of carbonyl (C=O) groups excluding carboxylic acids is 1. The molecule has 0 radical (unpaired) electrons. The molecule has 1 aliphatic rings. The molecule has 2 aromatic carbocycles. The van der Waals surface area contributed by atoms with E-state index in [1.165, 1.54) is 19.3 Å². The normalized spacial score (nSPS) is 14.1. The van der Waals surface area contributed by atoms with Gasteiger partial charge in [0.25, 0.3) is 5.91 Å². The van der Waals surface area contributed by atoms with E-state index in [0.717, 1.165) is 24.3 Å². The van der Waals surface area contributed by atoms with Gasteiger partial charge in [-0.3, -0.25) is 9.59 Å². The first-order valence-electron chi connectivity index (χ1n) is 9.09. The van der Waals surface area contributed by atoms with E-state index in [9.17, 15) is 9.59 Å². The molecule has 136 valence electrons. The number of carboxylic acid groups (broad SMARTS) is 1. The molecule has 0 aromatic heterocycles. The standard InChI is InChI=1S/C21H24N2O3/c24-20(25)12-7-16-5-4-6-18(15-16)22-21(26)17-8-10-19(11-9-17)23-13-2-1-3-14-23/h4-6,8-11,15H,1-3,7,12-14H2,(H,22,26)(H,24,25). The number of anilines is 2. The van der Waals surface area contributed by atoms with Crippen molar-refractivity contribution < 1.29 is 14.7 Å². The molecule has 0 saturated carbocycles. The first kappa shape index (κ1) is 18.0. The van der Waals surface area contributed by atoms with Crippen LogP contribution in [0.2, 0.25) is 0 Å². The van der Waals surface area contributed by atoms with E-state index in [1.54, 1.807) is 0 Å². The van der Waals surface area contributed by atoms with E-state index in [0.29, 0.717) is 17.7 Å². The number of piperidine rings is 1. The quantitative estimate of drug-likeness (QED) is 0.826. The fourth-order valence-electron chi connectivity index (χ4n) is 3.23. The van der Waals surface area contributed by atoms with E-state index < -0.39 is 5.97 Å². The van der Waals surface area contributed by atoms with Gasteiger partial charge in [0.05, 0.1) is 0 Å². The van der Waals surface area contributed by atoms with Crippen LogP contribution in [0.1, 0.15) is 41.6 Å². The van der Waals surface area contributed by atoms with Crippen LogP contribution in [0.25, 0.3) is 0 Å². The number of aryl methyl sites for hydroxylation is 1. The predicted molar refractivity (Wildman–Crippen MR) is 103 cm³/mol. The van der Waals surface area contributed by atoms with Crippen LogP contribution in [0, 0.1) is 0 Å². The van der Waals surface area contributed by atoms with E-state index >= 15 is 0 Å². The third kappa shape index (κ3) is 4.85. The second-order valence-electron chi connectivity index (χ2n) is 6.64.